The highest BCUT2D eigenvalue weighted by Crippen LogP contribution is 2.14. The summed E-state index contributed by atoms with van der Waals surface area (Å²) in [5, 5.41) is 17.8. The number of para-hydroxylation sites is 1. The van der Waals surface area contributed by atoms with Crippen molar-refractivity contribution in [1.82, 2.24) is 0 Å². The van der Waals surface area contributed by atoms with Crippen molar-refractivity contribution in [2.45, 2.75) is 0 Å². The highest BCUT2D eigenvalue weighted by atomic mass is 19.1. The summed E-state index contributed by atoms with van der Waals surface area (Å²) in [5.74, 6) is -0.736. The fourth-order valence-electron chi connectivity index (χ4n) is 0.607. The van der Waals surface area contributed by atoms with Crippen LogP contribution in [-0.4, -0.2) is 5.21 Å². The molecule has 1 rings (SSSR count). The molecule has 1 N–H and O–H groups in total. The molecule has 0 saturated heterocycles. The van der Waals surface area contributed by atoms with Crippen molar-refractivity contribution in [1.29, 1.82) is 0 Å². The zero-order valence-corrected chi connectivity index (χ0v) is 4.99. The Kier molecular flexibility index (Phi) is 1.84. The van der Waals surface area contributed by atoms with Gasteiger partial charge in [-0.15, -0.1) is 0 Å². The minimum Gasteiger partial charge on any atom is -0.733 e. The molecule has 0 atom stereocenters. The Morgan fingerprint density at radius 3 is 2.40 bits per heavy atom. The van der Waals surface area contributed by atoms with E-state index in [1.807, 2.05) is 0 Å². The molecule has 0 amide bonds. The average Bonchev–Trinajstić information content (AvgIpc) is 1.88. The minimum absolute atomic E-state index is 0.373. The van der Waals surface area contributed by atoms with Gasteiger partial charge in [-0.05, 0) is 12.1 Å². The van der Waals surface area contributed by atoms with Crippen molar-refractivity contribution < 1.29 is 9.60 Å². The van der Waals surface area contributed by atoms with E-state index in [4.69, 9.17) is 5.21 Å². The predicted molar refractivity (Wildman–Crippen MR) is 34.0 cm³/mol. The molecule has 0 aliphatic rings. The third-order valence-electron chi connectivity index (χ3n) is 1.06. The second-order valence-electron chi connectivity index (χ2n) is 1.72. The molecule has 0 radical (unpaired) electrons. The van der Waals surface area contributed by atoms with Gasteiger partial charge in [-0.25, -0.2) is 4.39 Å². The first kappa shape index (κ1) is 6.98. The summed E-state index contributed by atoms with van der Waals surface area (Å²) >= 11 is 0. The zero-order chi connectivity index (χ0) is 7.56. The molecule has 0 aromatic heterocycles. The molecule has 0 fully saturated rings. The van der Waals surface area contributed by atoms with Crippen molar-refractivity contribution in [2.75, 3.05) is 5.23 Å². The molecule has 0 heterocycles. The minimum atomic E-state index is -0.736. The molecular formula is C6H5FNO2-. The van der Waals surface area contributed by atoms with Gasteiger partial charge in [-0.3, -0.25) is 5.21 Å². The summed E-state index contributed by atoms with van der Waals surface area (Å²) in [5.41, 5.74) is -0.373. The summed E-state index contributed by atoms with van der Waals surface area (Å²) in [6.07, 6.45) is 0. The van der Waals surface area contributed by atoms with Crippen molar-refractivity contribution in [3.8, 4) is 0 Å². The highest BCUT2D eigenvalue weighted by Gasteiger charge is 1.97. The number of halogens is 1. The molecule has 10 heavy (non-hydrogen) atoms. The standard InChI is InChI=1S/C6H5FNO2/c7-5-3-1-2-4-6(5)8(9)10/h1-4,9H/q-1. The van der Waals surface area contributed by atoms with E-state index in [1.54, 1.807) is 0 Å². The summed E-state index contributed by atoms with van der Waals surface area (Å²) in [4.78, 5) is 0. The molecule has 3 nitrogen and oxygen atoms in total. The average molecular weight is 142 g/mol. The van der Waals surface area contributed by atoms with E-state index < -0.39 is 11.0 Å². The SMILES string of the molecule is [O-]N(O)c1ccccc1F. The fourth-order valence-corrected chi connectivity index (χ4v) is 0.607. The van der Waals surface area contributed by atoms with Crippen molar-refractivity contribution >= 4 is 5.69 Å². The normalized spacial score (nSPS) is 9.50. The largest absolute Gasteiger partial charge is 0.733 e. The van der Waals surface area contributed by atoms with Gasteiger partial charge in [0.05, 0.1) is 5.69 Å². The molecule has 54 valence electrons. The van der Waals surface area contributed by atoms with Gasteiger partial charge in [0, 0.05) is 0 Å². The van der Waals surface area contributed by atoms with E-state index in [1.165, 1.54) is 18.2 Å². The maximum absolute atomic E-state index is 12.4. The number of rotatable bonds is 1. The summed E-state index contributed by atoms with van der Waals surface area (Å²) in [6.45, 7) is 0. The molecule has 0 spiro atoms. The van der Waals surface area contributed by atoms with Crippen LogP contribution in [0.1, 0.15) is 0 Å². The van der Waals surface area contributed by atoms with Crippen molar-refractivity contribution in [3.63, 3.8) is 0 Å². The second-order valence-corrected chi connectivity index (χ2v) is 1.72. The number of anilines is 1. The van der Waals surface area contributed by atoms with Crippen molar-refractivity contribution in [2.24, 2.45) is 0 Å². The molecule has 1 aromatic rings. The maximum Gasteiger partial charge on any atom is 0.147 e. The molecule has 0 saturated carbocycles. The summed E-state index contributed by atoms with van der Waals surface area (Å²) in [6, 6.07) is 5.17. The molecule has 0 bridgehead atoms. The van der Waals surface area contributed by atoms with Gasteiger partial charge in [-0.1, -0.05) is 12.1 Å². The van der Waals surface area contributed by atoms with Crippen LogP contribution in [0.3, 0.4) is 0 Å². The Balaban J connectivity index is 3.03. The highest BCUT2D eigenvalue weighted by molar-refractivity contribution is 5.45. The number of nitrogens with zero attached hydrogens (tertiary/aromatic N) is 1. The number of hydrogen-bond donors (Lipinski definition) is 1. The lowest BCUT2D eigenvalue weighted by Gasteiger charge is -2.21. The first-order chi connectivity index (χ1) is 4.72. The van der Waals surface area contributed by atoms with Gasteiger partial charge < -0.3 is 10.4 Å². The van der Waals surface area contributed by atoms with Crippen LogP contribution in [0.15, 0.2) is 24.3 Å². The Bertz CT molecular complexity index is 227. The number of benzene rings is 1. The molecule has 0 aliphatic heterocycles. The molecule has 0 unspecified atom stereocenters. The van der Waals surface area contributed by atoms with Crippen LogP contribution in [0.4, 0.5) is 10.1 Å². The van der Waals surface area contributed by atoms with Crippen LogP contribution >= 0.6 is 0 Å². The van der Waals surface area contributed by atoms with Crippen molar-refractivity contribution in [3.05, 3.63) is 35.3 Å². The van der Waals surface area contributed by atoms with Crippen LogP contribution in [0.5, 0.6) is 0 Å². The first-order valence-corrected chi connectivity index (χ1v) is 2.62. The molecule has 4 heteroatoms. The fraction of sp³-hybridized carbons (Fsp3) is 0. The van der Waals surface area contributed by atoms with E-state index in [0.717, 1.165) is 6.07 Å². The van der Waals surface area contributed by atoms with Gasteiger partial charge in [0.2, 0.25) is 0 Å². The lowest BCUT2D eigenvalue weighted by Crippen LogP contribution is -2.08. The monoisotopic (exact) mass is 142 g/mol. The third-order valence-corrected chi connectivity index (χ3v) is 1.06. The molecular weight excluding hydrogens is 137 g/mol. The summed E-state index contributed by atoms with van der Waals surface area (Å²) in [7, 11) is 0. The van der Waals surface area contributed by atoms with Crippen LogP contribution in [0, 0.1) is 11.0 Å². The Labute approximate surface area is 56.9 Å². The van der Waals surface area contributed by atoms with Gasteiger partial charge in [0.15, 0.2) is 0 Å². The predicted octanol–water partition coefficient (Wildman–Crippen LogP) is 1.52. The van der Waals surface area contributed by atoms with Crippen LogP contribution in [0.2, 0.25) is 0 Å². The van der Waals surface area contributed by atoms with E-state index in [9.17, 15) is 9.60 Å². The van der Waals surface area contributed by atoms with Crippen LogP contribution in [-0.2, 0) is 0 Å². The van der Waals surface area contributed by atoms with Gasteiger partial charge in [0.1, 0.15) is 5.82 Å². The van der Waals surface area contributed by atoms with E-state index in [-0.39, 0.29) is 5.69 Å². The van der Waals surface area contributed by atoms with Crippen LogP contribution < -0.4 is 5.23 Å². The van der Waals surface area contributed by atoms with Gasteiger partial charge >= 0.3 is 0 Å². The zero-order valence-electron chi connectivity index (χ0n) is 4.99. The van der Waals surface area contributed by atoms with Gasteiger partial charge in [-0.2, -0.15) is 0 Å². The quantitative estimate of drug-likeness (QED) is 0.604. The third kappa shape index (κ3) is 1.23. The van der Waals surface area contributed by atoms with E-state index >= 15 is 0 Å². The lowest BCUT2D eigenvalue weighted by atomic mass is 10.3. The Morgan fingerprint density at radius 1 is 1.40 bits per heavy atom. The summed E-state index contributed by atoms with van der Waals surface area (Å²) < 4.78 is 12.4. The topological polar surface area (TPSA) is 46.5 Å². The van der Waals surface area contributed by atoms with Crippen LogP contribution in [0.25, 0.3) is 0 Å². The van der Waals surface area contributed by atoms with E-state index in [0.29, 0.717) is 0 Å². The number of hydrogen-bond acceptors (Lipinski definition) is 3. The van der Waals surface area contributed by atoms with E-state index in [2.05, 4.69) is 0 Å². The maximum atomic E-state index is 12.4. The second kappa shape index (κ2) is 2.64. The first-order valence-electron chi connectivity index (χ1n) is 2.62. The Morgan fingerprint density at radius 2 is 2.00 bits per heavy atom. The molecule has 1 aromatic carbocycles. The van der Waals surface area contributed by atoms with Gasteiger partial charge in [0.25, 0.3) is 0 Å². The lowest BCUT2D eigenvalue weighted by molar-refractivity contribution is 0.292. The smallest absolute Gasteiger partial charge is 0.147 e. The molecule has 0 aliphatic carbocycles. The Hall–Kier alpha value is -1.13.